The van der Waals surface area contributed by atoms with E-state index < -0.39 is 5.41 Å². The van der Waals surface area contributed by atoms with E-state index in [1.807, 2.05) is 84.9 Å². The second kappa shape index (κ2) is 6.97. The molecule has 1 atom stereocenters. The quantitative estimate of drug-likeness (QED) is 0.660. The lowest BCUT2D eigenvalue weighted by Gasteiger charge is -2.23. The predicted octanol–water partition coefficient (Wildman–Crippen LogP) is 5.03. The van der Waals surface area contributed by atoms with Gasteiger partial charge in [-0.15, -0.1) is 0 Å². The first-order valence-corrected chi connectivity index (χ1v) is 8.91. The molecule has 0 aliphatic carbocycles. The number of fused-ring (bicyclic) bond motifs is 1. The molecular formula is C25H19NO. The van der Waals surface area contributed by atoms with Crippen LogP contribution in [0.3, 0.4) is 0 Å². The lowest BCUT2D eigenvalue weighted by atomic mass is 9.76. The summed E-state index contributed by atoms with van der Waals surface area (Å²) in [5, 5.41) is 3.00. The highest BCUT2D eigenvalue weighted by atomic mass is 16.2. The second-order valence-corrected chi connectivity index (χ2v) is 6.67. The summed E-state index contributed by atoms with van der Waals surface area (Å²) in [6.07, 6.45) is 0.444. The van der Waals surface area contributed by atoms with Crippen molar-refractivity contribution in [1.29, 1.82) is 0 Å². The molecule has 0 radical (unpaired) electrons. The third-order valence-electron chi connectivity index (χ3n) is 4.88. The topological polar surface area (TPSA) is 29.1 Å². The van der Waals surface area contributed by atoms with E-state index in [9.17, 15) is 4.79 Å². The molecule has 1 N–H and O–H groups in total. The van der Waals surface area contributed by atoms with E-state index in [0.29, 0.717) is 6.42 Å². The lowest BCUT2D eigenvalue weighted by molar-refractivity contribution is -0.118. The zero-order valence-electron chi connectivity index (χ0n) is 14.9. The Hall–Kier alpha value is -3.57. The van der Waals surface area contributed by atoms with Crippen LogP contribution in [0, 0.1) is 11.8 Å². The van der Waals surface area contributed by atoms with Crippen molar-refractivity contribution in [2.75, 3.05) is 5.32 Å². The SMILES string of the molecule is C=C(C[C@@]1(C#Cc2ccccc2)C(=O)Nc2ccccc21)c1ccccc1. The lowest BCUT2D eigenvalue weighted by Crippen LogP contribution is -2.33. The van der Waals surface area contributed by atoms with Crippen LogP contribution in [0.25, 0.3) is 5.57 Å². The van der Waals surface area contributed by atoms with Gasteiger partial charge in [0.1, 0.15) is 5.41 Å². The molecule has 0 bridgehead atoms. The van der Waals surface area contributed by atoms with Gasteiger partial charge in [0.15, 0.2) is 0 Å². The fourth-order valence-corrected chi connectivity index (χ4v) is 3.46. The fourth-order valence-electron chi connectivity index (χ4n) is 3.46. The maximum Gasteiger partial charge on any atom is 0.247 e. The highest BCUT2D eigenvalue weighted by Crippen LogP contribution is 2.43. The van der Waals surface area contributed by atoms with Crippen LogP contribution < -0.4 is 5.32 Å². The maximum atomic E-state index is 13.1. The van der Waals surface area contributed by atoms with Gasteiger partial charge in [-0.05, 0) is 29.3 Å². The van der Waals surface area contributed by atoms with E-state index >= 15 is 0 Å². The maximum absolute atomic E-state index is 13.1. The summed E-state index contributed by atoms with van der Waals surface area (Å²) in [5.74, 6) is 6.41. The number of allylic oxidation sites excluding steroid dienone is 1. The molecule has 0 fully saturated rings. The van der Waals surface area contributed by atoms with Crippen LogP contribution in [0.4, 0.5) is 5.69 Å². The molecule has 27 heavy (non-hydrogen) atoms. The molecule has 130 valence electrons. The highest BCUT2D eigenvalue weighted by molar-refractivity contribution is 6.09. The Balaban J connectivity index is 1.81. The number of hydrogen-bond donors (Lipinski definition) is 1. The molecule has 1 aliphatic heterocycles. The third kappa shape index (κ3) is 3.16. The minimum absolute atomic E-state index is 0.0933. The molecule has 3 aromatic carbocycles. The second-order valence-electron chi connectivity index (χ2n) is 6.67. The Morgan fingerprint density at radius 2 is 1.52 bits per heavy atom. The van der Waals surface area contributed by atoms with E-state index in [-0.39, 0.29) is 5.91 Å². The number of para-hydroxylation sites is 1. The molecule has 1 heterocycles. The van der Waals surface area contributed by atoms with Crippen molar-refractivity contribution in [3.05, 3.63) is 108 Å². The number of amides is 1. The number of carbonyl (C=O) groups excluding carboxylic acids is 1. The smallest absolute Gasteiger partial charge is 0.247 e. The molecule has 0 spiro atoms. The molecule has 0 aromatic heterocycles. The van der Waals surface area contributed by atoms with E-state index in [2.05, 4.69) is 23.7 Å². The van der Waals surface area contributed by atoms with Crippen LogP contribution in [-0.2, 0) is 10.2 Å². The van der Waals surface area contributed by atoms with Gasteiger partial charge in [0.05, 0.1) is 0 Å². The molecule has 1 aliphatic rings. The summed E-state index contributed by atoms with van der Waals surface area (Å²) in [6.45, 7) is 4.25. The van der Waals surface area contributed by atoms with Crippen LogP contribution in [0.15, 0.2) is 91.5 Å². The van der Waals surface area contributed by atoms with Crippen molar-refractivity contribution in [2.45, 2.75) is 11.8 Å². The summed E-state index contributed by atoms with van der Waals surface area (Å²) in [4.78, 5) is 13.1. The molecule has 1 amide bonds. The average Bonchev–Trinajstić information content (AvgIpc) is 2.99. The summed E-state index contributed by atoms with van der Waals surface area (Å²) in [5.41, 5.74) is 3.60. The van der Waals surface area contributed by atoms with Crippen LogP contribution >= 0.6 is 0 Å². The zero-order valence-corrected chi connectivity index (χ0v) is 14.9. The van der Waals surface area contributed by atoms with E-state index in [0.717, 1.165) is 28.0 Å². The van der Waals surface area contributed by atoms with Crippen LogP contribution in [0.1, 0.15) is 23.1 Å². The molecule has 4 rings (SSSR count). The van der Waals surface area contributed by atoms with Gasteiger partial charge in [-0.3, -0.25) is 4.79 Å². The minimum Gasteiger partial charge on any atom is -0.324 e. The average molecular weight is 349 g/mol. The summed E-state index contributed by atoms with van der Waals surface area (Å²) in [7, 11) is 0. The molecule has 2 nitrogen and oxygen atoms in total. The van der Waals surface area contributed by atoms with Gasteiger partial charge < -0.3 is 5.32 Å². The van der Waals surface area contributed by atoms with Crippen LogP contribution in [0.5, 0.6) is 0 Å². The van der Waals surface area contributed by atoms with Gasteiger partial charge in [-0.25, -0.2) is 0 Å². The first-order valence-electron chi connectivity index (χ1n) is 8.91. The van der Waals surface area contributed by atoms with E-state index in [1.54, 1.807) is 0 Å². The third-order valence-corrected chi connectivity index (χ3v) is 4.88. The van der Waals surface area contributed by atoms with Gasteiger partial charge in [-0.1, -0.05) is 85.1 Å². The highest BCUT2D eigenvalue weighted by Gasteiger charge is 2.46. The summed E-state index contributed by atoms with van der Waals surface area (Å²) >= 11 is 0. The molecule has 0 unspecified atom stereocenters. The number of nitrogens with one attached hydrogen (secondary N) is 1. The fraction of sp³-hybridized carbons (Fsp3) is 0.0800. The number of rotatable bonds is 3. The molecule has 0 saturated heterocycles. The monoisotopic (exact) mass is 349 g/mol. The largest absolute Gasteiger partial charge is 0.324 e. The summed E-state index contributed by atoms with van der Waals surface area (Å²) < 4.78 is 0. The normalized spacial score (nSPS) is 17.4. The Labute approximate surface area is 159 Å². The standard InChI is InChI=1S/C25H19NO/c1-19(21-12-6-3-7-13-21)18-25(17-16-20-10-4-2-5-11-20)22-14-8-9-15-23(22)26-24(25)27/h2-15H,1,18H2,(H,26,27)/t25-/m1/s1. The number of benzene rings is 3. The van der Waals surface area contributed by atoms with Crippen molar-refractivity contribution < 1.29 is 4.79 Å². The Morgan fingerprint density at radius 1 is 0.889 bits per heavy atom. The molecule has 0 saturated carbocycles. The van der Waals surface area contributed by atoms with Gasteiger partial charge in [-0.2, -0.15) is 0 Å². The van der Waals surface area contributed by atoms with Gasteiger partial charge in [0.2, 0.25) is 5.91 Å². The molecular weight excluding hydrogens is 330 g/mol. The predicted molar refractivity (Wildman–Crippen MR) is 110 cm³/mol. The van der Waals surface area contributed by atoms with Crippen molar-refractivity contribution in [2.24, 2.45) is 0 Å². The number of carbonyl (C=O) groups is 1. The van der Waals surface area contributed by atoms with Crippen LogP contribution in [0.2, 0.25) is 0 Å². The van der Waals surface area contributed by atoms with E-state index in [4.69, 9.17) is 0 Å². The van der Waals surface area contributed by atoms with E-state index in [1.165, 1.54) is 0 Å². The first kappa shape index (κ1) is 16.9. The number of anilines is 1. The van der Waals surface area contributed by atoms with Crippen molar-refractivity contribution in [1.82, 2.24) is 0 Å². The van der Waals surface area contributed by atoms with Crippen molar-refractivity contribution in [3.8, 4) is 11.8 Å². The Bertz CT molecular complexity index is 1060. The Kier molecular flexibility index (Phi) is 4.36. The first-order chi connectivity index (χ1) is 13.2. The minimum atomic E-state index is -0.945. The molecule has 3 aromatic rings. The zero-order chi connectivity index (χ0) is 18.7. The Morgan fingerprint density at radius 3 is 2.26 bits per heavy atom. The summed E-state index contributed by atoms with van der Waals surface area (Å²) in [6, 6.07) is 27.5. The van der Waals surface area contributed by atoms with Crippen molar-refractivity contribution >= 4 is 17.2 Å². The van der Waals surface area contributed by atoms with Crippen molar-refractivity contribution in [3.63, 3.8) is 0 Å². The van der Waals surface area contributed by atoms with Gasteiger partial charge in [0, 0.05) is 23.2 Å². The van der Waals surface area contributed by atoms with Crippen LogP contribution in [-0.4, -0.2) is 5.91 Å². The van der Waals surface area contributed by atoms with Gasteiger partial charge >= 0.3 is 0 Å². The number of hydrogen-bond acceptors (Lipinski definition) is 1. The molecule has 2 heteroatoms. The van der Waals surface area contributed by atoms with Gasteiger partial charge in [0.25, 0.3) is 0 Å².